The van der Waals surface area contributed by atoms with Crippen molar-refractivity contribution < 1.29 is 48.4 Å². The largest absolute Gasteiger partial charge is 0.508 e. The van der Waals surface area contributed by atoms with Gasteiger partial charge in [-0.15, -0.1) is 6.58 Å². The van der Waals surface area contributed by atoms with Crippen molar-refractivity contribution in [2.75, 3.05) is 25.2 Å². The van der Waals surface area contributed by atoms with Gasteiger partial charge >= 0.3 is 12.1 Å². The van der Waals surface area contributed by atoms with Gasteiger partial charge in [0.25, 0.3) is 0 Å². The third kappa shape index (κ3) is 15.6. The minimum Gasteiger partial charge on any atom is -0.508 e. The van der Waals surface area contributed by atoms with Gasteiger partial charge in [-0.3, -0.25) is 14.4 Å². The van der Waals surface area contributed by atoms with Crippen molar-refractivity contribution in [2.45, 2.75) is 82.6 Å². The van der Waals surface area contributed by atoms with Crippen LogP contribution in [0.15, 0.2) is 79.4 Å². The van der Waals surface area contributed by atoms with Crippen LogP contribution in [-0.4, -0.2) is 101 Å². The molecule has 1 aliphatic heterocycles. The number of phenols is 1. The van der Waals surface area contributed by atoms with E-state index >= 15 is 0 Å². The standard InChI is InChI=1S/C39H52N4O10S/c1-6-19-51-37-27(23-33(45)41-32(21-25-10-8-7-9-11-25)35(47)42-30(36(48)49)18-20-54-5)14-17-29(52-37)24-40-34(46)31(43-38(50)53-39(2,3)4)22-26-12-15-28(44)16-13-26/h6-17,27,29-32,37,44H,1,18-24H2,2-5H3,(H,40,46)(H,41,45)(H,42,47)(H,43,50)(H,48,49)/t27-,29+,30+,31+,32+,37+/m1/s1. The van der Waals surface area contributed by atoms with Gasteiger partial charge in [-0.1, -0.05) is 60.7 Å². The summed E-state index contributed by atoms with van der Waals surface area (Å²) in [6, 6.07) is 12.2. The molecule has 1 aliphatic rings. The van der Waals surface area contributed by atoms with Crippen LogP contribution in [-0.2, 0) is 46.2 Å². The predicted octanol–water partition coefficient (Wildman–Crippen LogP) is 3.48. The fraction of sp³-hybridized carbons (Fsp3) is 0.462. The number of benzene rings is 2. The first-order valence-corrected chi connectivity index (χ1v) is 19.0. The number of ether oxygens (including phenoxy) is 3. The van der Waals surface area contributed by atoms with Crippen molar-refractivity contribution >= 4 is 41.5 Å². The van der Waals surface area contributed by atoms with Gasteiger partial charge in [0.1, 0.15) is 29.5 Å². The highest BCUT2D eigenvalue weighted by Crippen LogP contribution is 2.24. The average molecular weight is 769 g/mol. The topological polar surface area (TPSA) is 202 Å². The Balaban J connectivity index is 1.70. The number of thioether (sulfide) groups is 1. The van der Waals surface area contributed by atoms with Crippen LogP contribution in [0.1, 0.15) is 44.7 Å². The SMILES string of the molecule is C=CCO[C@H]1O[C@H](CNC(=O)[C@H](Cc2ccc(O)cc2)NC(=O)OC(C)(C)C)C=C[C@@H]1CC(=O)N[C@@H](Cc1ccccc1)C(=O)N[C@@H](CCSC)C(=O)O. The minimum atomic E-state index is -1.16. The predicted molar refractivity (Wildman–Crippen MR) is 205 cm³/mol. The highest BCUT2D eigenvalue weighted by atomic mass is 32.2. The fourth-order valence-corrected chi connectivity index (χ4v) is 5.90. The number of aromatic hydroxyl groups is 1. The van der Waals surface area contributed by atoms with Crippen LogP contribution in [0.2, 0.25) is 0 Å². The van der Waals surface area contributed by atoms with Gasteiger partial charge in [-0.05, 0) is 62.5 Å². The first-order valence-electron chi connectivity index (χ1n) is 17.6. The zero-order valence-electron chi connectivity index (χ0n) is 31.1. The minimum absolute atomic E-state index is 0.00484. The molecule has 4 amide bonds. The van der Waals surface area contributed by atoms with E-state index < -0.39 is 71.8 Å². The van der Waals surface area contributed by atoms with Crippen LogP contribution in [0, 0.1) is 5.92 Å². The smallest absolute Gasteiger partial charge is 0.408 e. The van der Waals surface area contributed by atoms with Gasteiger partial charge in [0.05, 0.1) is 12.7 Å². The number of carbonyl (C=O) groups excluding carboxylic acids is 4. The molecule has 15 heteroatoms. The second-order valence-electron chi connectivity index (χ2n) is 13.7. The molecule has 2 aromatic rings. The first kappa shape index (κ1) is 43.5. The van der Waals surface area contributed by atoms with Gasteiger partial charge in [0.2, 0.25) is 17.7 Å². The van der Waals surface area contributed by atoms with E-state index in [1.165, 1.54) is 30.0 Å². The van der Waals surface area contributed by atoms with Gasteiger partial charge in [-0.25, -0.2) is 9.59 Å². The number of aliphatic carboxylic acids is 1. The van der Waals surface area contributed by atoms with E-state index in [2.05, 4.69) is 27.8 Å². The second-order valence-corrected chi connectivity index (χ2v) is 14.7. The molecule has 1 heterocycles. The van der Waals surface area contributed by atoms with Crippen molar-refractivity contribution in [3.8, 4) is 5.75 Å². The van der Waals surface area contributed by atoms with E-state index in [9.17, 15) is 34.2 Å². The van der Waals surface area contributed by atoms with Crippen LogP contribution in [0.4, 0.5) is 4.79 Å². The number of amides is 4. The van der Waals surface area contributed by atoms with Crippen LogP contribution in [0.3, 0.4) is 0 Å². The van der Waals surface area contributed by atoms with Crippen molar-refractivity contribution in [2.24, 2.45) is 5.92 Å². The summed E-state index contributed by atoms with van der Waals surface area (Å²) >= 11 is 1.46. The molecule has 0 unspecified atom stereocenters. The molecule has 54 heavy (non-hydrogen) atoms. The number of carbonyl (C=O) groups is 5. The van der Waals surface area contributed by atoms with E-state index in [1.54, 1.807) is 45.1 Å². The van der Waals surface area contributed by atoms with Crippen LogP contribution in [0.25, 0.3) is 0 Å². The van der Waals surface area contributed by atoms with Gasteiger partial charge in [0.15, 0.2) is 6.29 Å². The van der Waals surface area contributed by atoms with Gasteiger partial charge in [0, 0.05) is 31.7 Å². The van der Waals surface area contributed by atoms with Crippen molar-refractivity contribution in [3.05, 3.63) is 90.5 Å². The molecule has 0 aromatic heterocycles. The zero-order chi connectivity index (χ0) is 39.7. The summed E-state index contributed by atoms with van der Waals surface area (Å²) in [5.74, 6) is -2.75. The molecule has 0 aliphatic carbocycles. The fourth-order valence-electron chi connectivity index (χ4n) is 5.43. The lowest BCUT2D eigenvalue weighted by molar-refractivity contribution is -0.182. The molecular formula is C39H52N4O10S. The zero-order valence-corrected chi connectivity index (χ0v) is 31.9. The molecule has 0 spiro atoms. The summed E-state index contributed by atoms with van der Waals surface area (Å²) < 4.78 is 17.4. The Labute approximate surface area is 320 Å². The Morgan fingerprint density at radius 2 is 1.56 bits per heavy atom. The Bertz CT molecular complexity index is 1580. The second kappa shape index (κ2) is 21.7. The van der Waals surface area contributed by atoms with Gasteiger partial charge < -0.3 is 45.7 Å². The summed E-state index contributed by atoms with van der Waals surface area (Å²) in [7, 11) is 0. The highest BCUT2D eigenvalue weighted by Gasteiger charge is 2.33. The quantitative estimate of drug-likeness (QED) is 0.108. The lowest BCUT2D eigenvalue weighted by atomic mass is 9.99. The summed E-state index contributed by atoms with van der Waals surface area (Å²) in [5.41, 5.74) is 0.681. The number of hydrogen-bond acceptors (Lipinski definition) is 10. The molecule has 294 valence electrons. The number of phenolic OH excluding ortho intramolecular Hbond substituents is 1. The molecule has 0 fully saturated rings. The Morgan fingerprint density at radius 1 is 0.907 bits per heavy atom. The third-order valence-electron chi connectivity index (χ3n) is 8.05. The normalized spacial score (nSPS) is 18.3. The summed E-state index contributed by atoms with van der Waals surface area (Å²) in [5, 5.41) is 30.1. The monoisotopic (exact) mass is 768 g/mol. The van der Waals surface area contributed by atoms with Crippen LogP contribution < -0.4 is 21.3 Å². The molecule has 0 saturated heterocycles. The Kier molecular flexibility index (Phi) is 17.5. The van der Waals surface area contributed by atoms with E-state index in [1.807, 2.05) is 36.6 Å². The molecule has 14 nitrogen and oxygen atoms in total. The van der Waals surface area contributed by atoms with Crippen molar-refractivity contribution in [1.82, 2.24) is 21.3 Å². The van der Waals surface area contributed by atoms with E-state index in [0.717, 1.165) is 5.56 Å². The Morgan fingerprint density at radius 3 is 2.17 bits per heavy atom. The number of hydrogen-bond donors (Lipinski definition) is 6. The molecule has 0 radical (unpaired) electrons. The molecular weight excluding hydrogens is 717 g/mol. The lowest BCUT2D eigenvalue weighted by Gasteiger charge is -2.32. The molecule has 2 aromatic carbocycles. The molecule has 0 bridgehead atoms. The number of rotatable bonds is 20. The third-order valence-corrected chi connectivity index (χ3v) is 8.70. The van der Waals surface area contributed by atoms with Gasteiger partial charge in [-0.2, -0.15) is 11.8 Å². The van der Waals surface area contributed by atoms with Crippen molar-refractivity contribution in [1.29, 1.82) is 0 Å². The number of carboxylic acid groups (broad SMARTS) is 1. The molecule has 0 saturated carbocycles. The first-order chi connectivity index (χ1) is 25.7. The number of nitrogens with one attached hydrogen (secondary N) is 4. The van der Waals surface area contributed by atoms with E-state index in [0.29, 0.717) is 11.3 Å². The molecule has 6 N–H and O–H groups in total. The molecule has 6 atom stereocenters. The van der Waals surface area contributed by atoms with Crippen molar-refractivity contribution in [3.63, 3.8) is 0 Å². The number of carboxylic acids is 1. The highest BCUT2D eigenvalue weighted by molar-refractivity contribution is 7.98. The number of alkyl carbamates (subject to hydrolysis) is 1. The van der Waals surface area contributed by atoms with Crippen LogP contribution in [0.5, 0.6) is 5.75 Å². The average Bonchev–Trinajstić information content (AvgIpc) is 3.11. The maximum absolute atomic E-state index is 13.5. The maximum Gasteiger partial charge on any atom is 0.408 e. The summed E-state index contributed by atoms with van der Waals surface area (Å²) in [6.45, 7) is 8.93. The van der Waals surface area contributed by atoms with E-state index in [4.69, 9.17) is 14.2 Å². The maximum atomic E-state index is 13.5. The van der Waals surface area contributed by atoms with E-state index in [-0.39, 0.29) is 44.6 Å². The molecule has 3 rings (SSSR count). The Hall–Kier alpha value is -4.86. The van der Waals surface area contributed by atoms with Crippen LogP contribution >= 0.6 is 11.8 Å². The summed E-state index contributed by atoms with van der Waals surface area (Å²) in [4.78, 5) is 64.7. The lowest BCUT2D eigenvalue weighted by Crippen LogP contribution is -2.53. The summed E-state index contributed by atoms with van der Waals surface area (Å²) in [6.07, 6.45) is 4.82.